The van der Waals surface area contributed by atoms with Gasteiger partial charge in [-0.05, 0) is 53.2 Å². The lowest BCUT2D eigenvalue weighted by molar-refractivity contribution is -0.160. The maximum Gasteiger partial charge on any atom is 0.326 e. The monoisotopic (exact) mass is 308 g/mol. The summed E-state index contributed by atoms with van der Waals surface area (Å²) in [7, 11) is 0. The number of aromatic nitrogens is 1. The first-order valence-electron chi connectivity index (χ1n) is 7.56. The van der Waals surface area contributed by atoms with Gasteiger partial charge in [-0.25, -0.2) is 0 Å². The first-order chi connectivity index (χ1) is 10.1. The highest BCUT2D eigenvalue weighted by molar-refractivity contribution is 5.76. The van der Waals surface area contributed by atoms with Gasteiger partial charge in [-0.3, -0.25) is 15.1 Å². The van der Waals surface area contributed by atoms with Crippen LogP contribution < -0.4 is 5.32 Å². The van der Waals surface area contributed by atoms with Gasteiger partial charge in [0.2, 0.25) is 0 Å². The highest BCUT2D eigenvalue weighted by atomic mass is 16.6. The number of nitrogens with zero attached hydrogens (tertiary/aromatic N) is 1. The molecule has 5 heteroatoms. The highest BCUT2D eigenvalue weighted by Crippen LogP contribution is 2.12. The van der Waals surface area contributed by atoms with Crippen LogP contribution in [-0.2, 0) is 20.8 Å². The molecule has 1 N–H and O–H groups in total. The van der Waals surface area contributed by atoms with Gasteiger partial charge < -0.3 is 9.47 Å². The molecule has 0 bridgehead atoms. The van der Waals surface area contributed by atoms with Gasteiger partial charge in [-0.15, -0.1) is 0 Å². The van der Waals surface area contributed by atoms with Crippen LogP contribution in [0.15, 0.2) is 24.5 Å². The fraction of sp³-hybridized carbons (Fsp3) is 0.647. The SMILES string of the molecule is CC(C)(C)OCC(NCc1cccnc1)C(=O)OC(C)(C)C. The molecule has 1 rings (SSSR count). The number of rotatable bonds is 6. The highest BCUT2D eigenvalue weighted by Gasteiger charge is 2.26. The molecule has 0 aliphatic heterocycles. The van der Waals surface area contributed by atoms with Gasteiger partial charge in [0.05, 0.1) is 12.2 Å². The molecule has 0 saturated carbocycles. The summed E-state index contributed by atoms with van der Waals surface area (Å²) in [5.41, 5.74) is 0.176. The summed E-state index contributed by atoms with van der Waals surface area (Å²) in [6.07, 6.45) is 3.49. The number of hydrogen-bond donors (Lipinski definition) is 1. The van der Waals surface area contributed by atoms with Gasteiger partial charge in [-0.2, -0.15) is 0 Å². The normalized spacial score (nSPS) is 13.7. The van der Waals surface area contributed by atoms with Crippen LogP contribution >= 0.6 is 0 Å². The molecule has 1 heterocycles. The van der Waals surface area contributed by atoms with Gasteiger partial charge in [0.15, 0.2) is 0 Å². The quantitative estimate of drug-likeness (QED) is 0.819. The van der Waals surface area contributed by atoms with Crippen molar-refractivity contribution in [2.75, 3.05) is 6.61 Å². The predicted molar refractivity (Wildman–Crippen MR) is 86.4 cm³/mol. The summed E-state index contributed by atoms with van der Waals surface area (Å²) in [5.74, 6) is -0.305. The summed E-state index contributed by atoms with van der Waals surface area (Å²) in [5, 5.41) is 3.19. The first-order valence-corrected chi connectivity index (χ1v) is 7.56. The maximum absolute atomic E-state index is 12.3. The molecule has 0 amide bonds. The van der Waals surface area contributed by atoms with E-state index in [-0.39, 0.29) is 18.2 Å². The Bertz CT molecular complexity index is 461. The van der Waals surface area contributed by atoms with Crippen molar-refractivity contribution in [2.45, 2.75) is 65.3 Å². The smallest absolute Gasteiger partial charge is 0.326 e. The number of esters is 1. The molecular formula is C17H28N2O3. The largest absolute Gasteiger partial charge is 0.459 e. The molecule has 1 aromatic heterocycles. The van der Waals surface area contributed by atoms with E-state index in [1.807, 2.05) is 53.7 Å². The molecule has 0 aliphatic carbocycles. The van der Waals surface area contributed by atoms with Gasteiger partial charge in [-0.1, -0.05) is 6.07 Å². The van der Waals surface area contributed by atoms with Gasteiger partial charge in [0.1, 0.15) is 11.6 Å². The third-order valence-corrected chi connectivity index (χ3v) is 2.65. The Kier molecular flexibility index (Phi) is 6.50. The lowest BCUT2D eigenvalue weighted by atomic mass is 10.1. The number of carbonyl (C=O) groups excluding carboxylic acids is 1. The van der Waals surface area contributed by atoms with E-state index in [2.05, 4.69) is 10.3 Å². The fourth-order valence-corrected chi connectivity index (χ4v) is 1.66. The third kappa shape index (κ3) is 8.10. The summed E-state index contributed by atoms with van der Waals surface area (Å²) in [4.78, 5) is 16.4. The Morgan fingerprint density at radius 3 is 2.41 bits per heavy atom. The van der Waals surface area contributed by atoms with E-state index in [0.29, 0.717) is 6.54 Å². The topological polar surface area (TPSA) is 60.5 Å². The van der Waals surface area contributed by atoms with Crippen molar-refractivity contribution in [1.29, 1.82) is 0 Å². The van der Waals surface area contributed by atoms with Crippen molar-refractivity contribution in [3.05, 3.63) is 30.1 Å². The number of pyridine rings is 1. The van der Waals surface area contributed by atoms with Crippen LogP contribution in [0.2, 0.25) is 0 Å². The number of ether oxygens (including phenoxy) is 2. The van der Waals surface area contributed by atoms with Crippen molar-refractivity contribution in [3.63, 3.8) is 0 Å². The predicted octanol–water partition coefficient (Wildman–Crippen LogP) is 2.70. The minimum Gasteiger partial charge on any atom is -0.459 e. The van der Waals surface area contributed by atoms with Crippen LogP contribution in [0, 0.1) is 0 Å². The van der Waals surface area contributed by atoms with Crippen molar-refractivity contribution < 1.29 is 14.3 Å². The van der Waals surface area contributed by atoms with Gasteiger partial charge in [0, 0.05) is 18.9 Å². The summed E-state index contributed by atoms with van der Waals surface area (Å²) in [6, 6.07) is 3.31. The van der Waals surface area contributed by atoms with E-state index in [0.717, 1.165) is 5.56 Å². The Balaban J connectivity index is 2.66. The minimum absolute atomic E-state index is 0.263. The van der Waals surface area contributed by atoms with Crippen molar-refractivity contribution in [3.8, 4) is 0 Å². The molecule has 0 fully saturated rings. The standard InChI is InChI=1S/C17H28N2O3/c1-16(2,3)21-12-14(15(20)22-17(4,5)6)19-11-13-8-7-9-18-10-13/h7-10,14,19H,11-12H2,1-6H3. The zero-order chi connectivity index (χ0) is 16.8. The van der Waals surface area contributed by atoms with E-state index < -0.39 is 11.6 Å². The van der Waals surface area contributed by atoms with E-state index in [9.17, 15) is 4.79 Å². The number of nitrogens with one attached hydrogen (secondary N) is 1. The van der Waals surface area contributed by atoms with Crippen molar-refractivity contribution >= 4 is 5.97 Å². The number of carbonyl (C=O) groups is 1. The second kappa shape index (κ2) is 7.70. The van der Waals surface area contributed by atoms with Crippen LogP contribution in [0.3, 0.4) is 0 Å². The molecule has 124 valence electrons. The molecule has 0 saturated heterocycles. The summed E-state index contributed by atoms with van der Waals surface area (Å²) < 4.78 is 11.2. The third-order valence-electron chi connectivity index (χ3n) is 2.65. The molecule has 0 spiro atoms. The molecule has 0 aliphatic rings. The van der Waals surface area contributed by atoms with Crippen molar-refractivity contribution in [2.24, 2.45) is 0 Å². The molecule has 5 nitrogen and oxygen atoms in total. The Morgan fingerprint density at radius 2 is 1.91 bits per heavy atom. The Morgan fingerprint density at radius 1 is 1.23 bits per heavy atom. The second-order valence-electron chi connectivity index (χ2n) is 7.25. The van der Waals surface area contributed by atoms with E-state index in [4.69, 9.17) is 9.47 Å². The summed E-state index contributed by atoms with van der Waals surface area (Å²) >= 11 is 0. The van der Waals surface area contributed by atoms with Crippen LogP contribution in [0.1, 0.15) is 47.1 Å². The van der Waals surface area contributed by atoms with E-state index in [1.165, 1.54) is 0 Å². The lowest BCUT2D eigenvalue weighted by Gasteiger charge is -2.27. The van der Waals surface area contributed by atoms with E-state index >= 15 is 0 Å². The molecule has 1 aromatic rings. The van der Waals surface area contributed by atoms with Gasteiger partial charge in [0.25, 0.3) is 0 Å². The van der Waals surface area contributed by atoms with Crippen LogP contribution in [0.5, 0.6) is 0 Å². The van der Waals surface area contributed by atoms with Crippen LogP contribution in [-0.4, -0.2) is 34.8 Å². The fourth-order valence-electron chi connectivity index (χ4n) is 1.66. The average molecular weight is 308 g/mol. The van der Waals surface area contributed by atoms with Gasteiger partial charge >= 0.3 is 5.97 Å². The number of hydrogen-bond acceptors (Lipinski definition) is 5. The molecular weight excluding hydrogens is 280 g/mol. The van der Waals surface area contributed by atoms with E-state index in [1.54, 1.807) is 12.4 Å². The molecule has 1 unspecified atom stereocenters. The van der Waals surface area contributed by atoms with Crippen molar-refractivity contribution in [1.82, 2.24) is 10.3 Å². The van der Waals surface area contributed by atoms with Crippen LogP contribution in [0.25, 0.3) is 0 Å². The molecule has 1 atom stereocenters. The first kappa shape index (κ1) is 18.6. The minimum atomic E-state index is -0.521. The zero-order valence-electron chi connectivity index (χ0n) is 14.5. The Labute approximate surface area is 133 Å². The van der Waals surface area contributed by atoms with Crippen LogP contribution in [0.4, 0.5) is 0 Å². The lowest BCUT2D eigenvalue weighted by Crippen LogP contribution is -2.45. The second-order valence-corrected chi connectivity index (χ2v) is 7.25. The zero-order valence-corrected chi connectivity index (χ0v) is 14.5. The Hall–Kier alpha value is -1.46. The molecule has 0 radical (unpaired) electrons. The molecule has 0 aromatic carbocycles. The average Bonchev–Trinajstić information content (AvgIpc) is 2.36. The maximum atomic E-state index is 12.3. The molecule has 22 heavy (non-hydrogen) atoms. The summed E-state index contributed by atoms with van der Waals surface area (Å²) in [6.45, 7) is 12.2.